The minimum Gasteiger partial charge on any atom is -0.463 e. The molecule has 0 fully saturated rings. The first-order valence-electron chi connectivity index (χ1n) is 11.5. The molecular formula is C25H35ClN2O3. The number of halogens is 1. The van der Waals surface area contributed by atoms with E-state index in [2.05, 4.69) is 16.9 Å². The lowest BCUT2D eigenvalue weighted by molar-refractivity contribution is -0.134. The molecule has 0 spiro atoms. The molecule has 0 saturated carbocycles. The van der Waals surface area contributed by atoms with Gasteiger partial charge in [-0.3, -0.25) is 4.79 Å². The van der Waals surface area contributed by atoms with Crippen molar-refractivity contribution in [1.82, 2.24) is 9.97 Å². The zero-order chi connectivity index (χ0) is 22.5. The number of carbonyl (C=O) groups excluding carboxylic acids is 1. The first-order chi connectivity index (χ1) is 15.0. The summed E-state index contributed by atoms with van der Waals surface area (Å²) in [7, 11) is 0. The molecule has 0 aliphatic rings. The molecule has 1 heterocycles. The van der Waals surface area contributed by atoms with Crippen molar-refractivity contribution >= 4 is 17.6 Å². The molecule has 2 rings (SSSR count). The predicted octanol–water partition coefficient (Wildman–Crippen LogP) is 6.83. The Bertz CT molecular complexity index is 783. The number of hydrogen-bond acceptors (Lipinski definition) is 5. The van der Waals surface area contributed by atoms with Crippen molar-refractivity contribution in [3.05, 3.63) is 36.7 Å². The van der Waals surface area contributed by atoms with Gasteiger partial charge in [0.05, 0.1) is 6.61 Å². The van der Waals surface area contributed by atoms with Gasteiger partial charge in [0.2, 0.25) is 0 Å². The van der Waals surface area contributed by atoms with Gasteiger partial charge in [-0.1, -0.05) is 77.8 Å². The first kappa shape index (κ1) is 25.1. The number of alkyl halides is 1. The Labute approximate surface area is 191 Å². The highest BCUT2D eigenvalue weighted by atomic mass is 35.5. The lowest BCUT2D eigenvalue weighted by Crippen LogP contribution is -2.26. The summed E-state index contributed by atoms with van der Waals surface area (Å²) in [6.45, 7) is 6.80. The van der Waals surface area contributed by atoms with Gasteiger partial charge in [0.15, 0.2) is 0 Å². The molecule has 2 aromatic rings. The summed E-state index contributed by atoms with van der Waals surface area (Å²) < 4.78 is 11.1. The molecule has 0 radical (unpaired) electrons. The number of rotatable bonds is 14. The number of aromatic nitrogens is 2. The van der Waals surface area contributed by atoms with Gasteiger partial charge in [0.1, 0.15) is 11.1 Å². The van der Waals surface area contributed by atoms with Crippen molar-refractivity contribution in [2.45, 2.75) is 77.5 Å². The Morgan fingerprint density at radius 2 is 1.68 bits per heavy atom. The molecule has 0 unspecified atom stereocenters. The number of unbranched alkanes of at least 4 members (excludes halogenated alkanes) is 6. The first-order valence-corrected chi connectivity index (χ1v) is 11.9. The highest BCUT2D eigenvalue weighted by Crippen LogP contribution is 2.25. The molecule has 0 aliphatic carbocycles. The van der Waals surface area contributed by atoms with Crippen LogP contribution >= 0.6 is 11.6 Å². The van der Waals surface area contributed by atoms with Crippen LogP contribution < -0.4 is 9.47 Å². The molecule has 2 atom stereocenters. The SMILES string of the molecule is CCCCCCCCCOc1ncc(-c2cccc(OC(=O)[C@@H](Cl)[C@@H](C)CC)c2)cn1. The minimum atomic E-state index is -0.662. The van der Waals surface area contributed by atoms with Gasteiger partial charge in [-0.25, -0.2) is 9.97 Å². The summed E-state index contributed by atoms with van der Waals surface area (Å²) >= 11 is 6.19. The molecule has 0 N–H and O–H groups in total. The topological polar surface area (TPSA) is 61.3 Å². The van der Waals surface area contributed by atoms with Gasteiger partial charge >= 0.3 is 12.0 Å². The fourth-order valence-electron chi connectivity index (χ4n) is 3.11. The number of hydrogen-bond donors (Lipinski definition) is 0. The number of esters is 1. The molecule has 31 heavy (non-hydrogen) atoms. The van der Waals surface area contributed by atoms with Gasteiger partial charge in [0, 0.05) is 18.0 Å². The van der Waals surface area contributed by atoms with Crippen LogP contribution in [0.2, 0.25) is 0 Å². The van der Waals surface area contributed by atoms with Crippen LogP contribution in [-0.2, 0) is 4.79 Å². The van der Waals surface area contributed by atoms with Crippen molar-refractivity contribution in [3.63, 3.8) is 0 Å². The largest absolute Gasteiger partial charge is 0.463 e. The maximum Gasteiger partial charge on any atom is 0.329 e. The van der Waals surface area contributed by atoms with Crippen molar-refractivity contribution in [2.75, 3.05) is 6.61 Å². The van der Waals surface area contributed by atoms with E-state index < -0.39 is 11.3 Å². The Morgan fingerprint density at radius 3 is 2.35 bits per heavy atom. The van der Waals surface area contributed by atoms with Crippen molar-refractivity contribution in [2.24, 2.45) is 5.92 Å². The van der Waals surface area contributed by atoms with Crippen LogP contribution in [0.25, 0.3) is 11.1 Å². The molecule has 0 amide bonds. The average Bonchev–Trinajstić information content (AvgIpc) is 2.80. The van der Waals surface area contributed by atoms with Crippen LogP contribution in [0.5, 0.6) is 11.8 Å². The molecule has 1 aromatic carbocycles. The summed E-state index contributed by atoms with van der Waals surface area (Å²) in [4.78, 5) is 20.8. The second-order valence-electron chi connectivity index (χ2n) is 7.96. The second kappa shape index (κ2) is 14.0. The molecule has 1 aromatic heterocycles. The summed E-state index contributed by atoms with van der Waals surface area (Å²) in [5.74, 6) is 0.0774. The monoisotopic (exact) mass is 446 g/mol. The smallest absolute Gasteiger partial charge is 0.329 e. The summed E-state index contributed by atoms with van der Waals surface area (Å²) in [6.07, 6.45) is 12.9. The zero-order valence-electron chi connectivity index (χ0n) is 19.0. The fourth-order valence-corrected chi connectivity index (χ4v) is 3.34. The van der Waals surface area contributed by atoms with Gasteiger partial charge in [0.25, 0.3) is 0 Å². The average molecular weight is 447 g/mol. The molecular weight excluding hydrogens is 412 g/mol. The van der Waals surface area contributed by atoms with Crippen LogP contribution in [0.1, 0.15) is 72.1 Å². The maximum atomic E-state index is 12.2. The number of ether oxygens (including phenoxy) is 2. The number of nitrogens with zero attached hydrogens (tertiary/aromatic N) is 2. The Hall–Kier alpha value is -2.14. The molecule has 6 heteroatoms. The van der Waals surface area contributed by atoms with Crippen LogP contribution in [0.4, 0.5) is 0 Å². The number of benzene rings is 1. The molecule has 0 aliphatic heterocycles. The molecule has 170 valence electrons. The van der Waals surface area contributed by atoms with Crippen LogP contribution in [0.15, 0.2) is 36.7 Å². The van der Waals surface area contributed by atoms with Crippen LogP contribution in [0, 0.1) is 5.92 Å². The Balaban J connectivity index is 1.83. The van der Waals surface area contributed by atoms with Crippen LogP contribution in [-0.4, -0.2) is 27.9 Å². The molecule has 5 nitrogen and oxygen atoms in total. The summed E-state index contributed by atoms with van der Waals surface area (Å²) in [5, 5.41) is -0.662. The van der Waals surface area contributed by atoms with E-state index in [9.17, 15) is 4.79 Å². The Morgan fingerprint density at radius 1 is 1.00 bits per heavy atom. The van der Waals surface area contributed by atoms with Crippen molar-refractivity contribution in [3.8, 4) is 22.9 Å². The van der Waals surface area contributed by atoms with E-state index in [-0.39, 0.29) is 5.92 Å². The highest BCUT2D eigenvalue weighted by molar-refractivity contribution is 6.30. The van der Waals surface area contributed by atoms with Crippen LogP contribution in [0.3, 0.4) is 0 Å². The van der Waals surface area contributed by atoms with Gasteiger partial charge in [-0.2, -0.15) is 0 Å². The van der Waals surface area contributed by atoms with Gasteiger partial charge < -0.3 is 9.47 Å². The lowest BCUT2D eigenvalue weighted by Gasteiger charge is -2.15. The van der Waals surface area contributed by atoms with Crippen molar-refractivity contribution in [1.29, 1.82) is 0 Å². The van der Waals surface area contributed by atoms with E-state index in [0.717, 1.165) is 24.0 Å². The van der Waals surface area contributed by atoms with Gasteiger partial charge in [-0.15, -0.1) is 11.6 Å². The highest BCUT2D eigenvalue weighted by Gasteiger charge is 2.23. The number of carbonyl (C=O) groups is 1. The summed E-state index contributed by atoms with van der Waals surface area (Å²) in [5.41, 5.74) is 1.68. The van der Waals surface area contributed by atoms with Crippen molar-refractivity contribution < 1.29 is 14.3 Å². The van der Waals surface area contributed by atoms with E-state index in [4.69, 9.17) is 21.1 Å². The maximum absolute atomic E-state index is 12.2. The lowest BCUT2D eigenvalue weighted by atomic mass is 10.1. The summed E-state index contributed by atoms with van der Waals surface area (Å²) in [6, 6.07) is 7.66. The van der Waals surface area contributed by atoms with Gasteiger partial charge in [-0.05, 0) is 30.0 Å². The zero-order valence-corrected chi connectivity index (χ0v) is 19.7. The Kier molecular flexibility index (Phi) is 11.4. The standard InChI is InChI=1S/C25H35ClN2O3/c1-4-6-7-8-9-10-11-15-30-25-27-17-21(18-28-25)20-13-12-14-22(16-20)31-24(29)23(26)19(3)5-2/h12-14,16-19,23H,4-11,15H2,1-3H3/t19-,23-/m0/s1. The molecule has 0 bridgehead atoms. The second-order valence-corrected chi connectivity index (χ2v) is 8.43. The molecule has 0 saturated heterocycles. The van der Waals surface area contributed by atoms with E-state index in [1.807, 2.05) is 26.0 Å². The predicted molar refractivity (Wildman–Crippen MR) is 126 cm³/mol. The third-order valence-corrected chi connectivity index (χ3v) is 5.97. The quantitative estimate of drug-likeness (QED) is 0.138. The van der Waals surface area contributed by atoms with E-state index in [0.29, 0.717) is 18.4 Å². The third-order valence-electron chi connectivity index (χ3n) is 5.36. The normalized spacial score (nSPS) is 12.9. The third kappa shape index (κ3) is 8.86. The van der Waals surface area contributed by atoms with E-state index in [1.165, 1.54) is 38.5 Å². The van der Waals surface area contributed by atoms with E-state index in [1.54, 1.807) is 24.5 Å². The fraction of sp³-hybridized carbons (Fsp3) is 0.560. The minimum absolute atomic E-state index is 0.0550. The van der Waals surface area contributed by atoms with E-state index >= 15 is 0 Å².